The van der Waals surface area contributed by atoms with Crippen molar-refractivity contribution in [2.24, 2.45) is 0 Å². The number of carbonyl (C=O) groups excluding carboxylic acids is 1. The van der Waals surface area contributed by atoms with Crippen molar-refractivity contribution in [2.45, 2.75) is 20.1 Å². The van der Waals surface area contributed by atoms with Gasteiger partial charge in [-0.25, -0.2) is 4.79 Å². The van der Waals surface area contributed by atoms with Crippen molar-refractivity contribution in [3.63, 3.8) is 0 Å². The molecule has 1 aromatic heterocycles. The molecule has 7 heteroatoms. The fourth-order valence-electron chi connectivity index (χ4n) is 4.10. The van der Waals surface area contributed by atoms with Crippen LogP contribution in [0, 0.1) is 6.92 Å². The zero-order valence-corrected chi connectivity index (χ0v) is 19.4. The van der Waals surface area contributed by atoms with Crippen LogP contribution < -0.4 is 0 Å². The first-order valence-electron chi connectivity index (χ1n) is 10.7. The normalized spacial score (nSPS) is 11.4. The van der Waals surface area contributed by atoms with Crippen LogP contribution >= 0.6 is 11.6 Å². The second kappa shape index (κ2) is 10.3. The van der Waals surface area contributed by atoms with Gasteiger partial charge in [0.2, 0.25) is 0 Å². The molecule has 0 saturated heterocycles. The van der Waals surface area contributed by atoms with E-state index in [1.54, 1.807) is 13.2 Å². The first-order valence-corrected chi connectivity index (χ1v) is 11.1. The Morgan fingerprint density at radius 1 is 1.00 bits per heavy atom. The minimum absolute atomic E-state index is 0.121. The van der Waals surface area contributed by atoms with Crippen molar-refractivity contribution in [1.82, 2.24) is 4.57 Å². The van der Waals surface area contributed by atoms with Gasteiger partial charge in [0.15, 0.2) is 0 Å². The van der Waals surface area contributed by atoms with E-state index in [2.05, 4.69) is 4.57 Å². The predicted molar refractivity (Wildman–Crippen MR) is 129 cm³/mol. The molecule has 0 bridgehead atoms. The summed E-state index contributed by atoms with van der Waals surface area (Å²) in [5, 5.41) is 13.5. The largest absolute Gasteiger partial charge is 0.507 e. The lowest BCUT2D eigenvalue weighted by molar-refractivity contribution is 0.0389. The van der Waals surface area contributed by atoms with Gasteiger partial charge in [0.1, 0.15) is 12.4 Å². The van der Waals surface area contributed by atoms with E-state index < -0.39 is 5.97 Å². The number of esters is 1. The van der Waals surface area contributed by atoms with Crippen LogP contribution in [0.4, 0.5) is 0 Å². The number of hydrogen-bond acceptors (Lipinski definition) is 5. The van der Waals surface area contributed by atoms with Crippen molar-refractivity contribution >= 4 is 39.2 Å². The summed E-state index contributed by atoms with van der Waals surface area (Å²) in [6, 6.07) is 16.8. The van der Waals surface area contributed by atoms with Crippen molar-refractivity contribution in [1.29, 1.82) is 0 Å². The second-order valence-corrected chi connectivity index (χ2v) is 8.13. The van der Waals surface area contributed by atoms with Crippen LogP contribution in [-0.4, -0.2) is 42.6 Å². The Balaban J connectivity index is 1.69. The molecule has 0 amide bonds. The summed E-state index contributed by atoms with van der Waals surface area (Å²) < 4.78 is 18.4. The van der Waals surface area contributed by atoms with Gasteiger partial charge in [-0.1, -0.05) is 54.1 Å². The number of rotatable bonds is 9. The number of nitrogens with zero attached hydrogens (tertiary/aromatic N) is 1. The fourth-order valence-corrected chi connectivity index (χ4v) is 4.29. The number of methoxy groups -OCH3 is 1. The second-order valence-electron chi connectivity index (χ2n) is 7.72. The standard InChI is InChI=1S/C26H26ClNO5/c1-17-24(26(30)33-14-13-31-2)21-15-23(29)19-8-4-5-9-20(19)25(21)28(17)11-12-32-16-18-7-3-6-10-22(18)27/h3-10,15,29H,11-14,16H2,1-2H3. The Morgan fingerprint density at radius 3 is 2.48 bits per heavy atom. The van der Waals surface area contributed by atoms with E-state index in [1.807, 2.05) is 55.5 Å². The highest BCUT2D eigenvalue weighted by Crippen LogP contribution is 2.37. The van der Waals surface area contributed by atoms with Crippen molar-refractivity contribution < 1.29 is 24.1 Å². The van der Waals surface area contributed by atoms with Gasteiger partial charge in [0.25, 0.3) is 0 Å². The molecule has 4 rings (SSSR count). The maximum Gasteiger partial charge on any atom is 0.340 e. The highest BCUT2D eigenvalue weighted by atomic mass is 35.5. The van der Waals surface area contributed by atoms with Crippen molar-refractivity contribution in [3.8, 4) is 5.75 Å². The Labute approximate surface area is 197 Å². The molecular formula is C26H26ClNO5. The molecule has 0 aliphatic rings. The zero-order chi connectivity index (χ0) is 23.4. The first-order chi connectivity index (χ1) is 16.0. The van der Waals surface area contributed by atoms with Crippen LogP contribution in [-0.2, 0) is 27.4 Å². The van der Waals surface area contributed by atoms with Crippen LogP contribution in [0.5, 0.6) is 5.75 Å². The van der Waals surface area contributed by atoms with Crippen molar-refractivity contribution in [3.05, 3.63) is 76.4 Å². The molecule has 0 aliphatic heterocycles. The smallest absolute Gasteiger partial charge is 0.340 e. The van der Waals surface area contributed by atoms with Crippen LogP contribution in [0.1, 0.15) is 21.6 Å². The third-order valence-electron chi connectivity index (χ3n) is 5.70. The van der Waals surface area contributed by atoms with E-state index in [-0.39, 0.29) is 12.4 Å². The molecule has 0 fully saturated rings. The van der Waals surface area contributed by atoms with Crippen LogP contribution in [0.2, 0.25) is 5.02 Å². The van der Waals surface area contributed by atoms with Gasteiger partial charge in [-0.05, 0) is 24.6 Å². The Kier molecular flexibility index (Phi) is 7.18. The number of aromatic nitrogens is 1. The number of ether oxygens (including phenoxy) is 3. The van der Waals surface area contributed by atoms with E-state index in [9.17, 15) is 9.90 Å². The molecule has 3 aromatic carbocycles. The van der Waals surface area contributed by atoms with E-state index in [1.165, 1.54) is 0 Å². The minimum Gasteiger partial charge on any atom is -0.507 e. The molecule has 6 nitrogen and oxygen atoms in total. The fraction of sp³-hybridized carbons (Fsp3) is 0.269. The average molecular weight is 468 g/mol. The molecule has 33 heavy (non-hydrogen) atoms. The Hall–Kier alpha value is -3.06. The number of halogens is 1. The number of fused-ring (bicyclic) bond motifs is 3. The molecule has 4 aromatic rings. The van der Waals surface area contributed by atoms with Gasteiger partial charge in [-0.2, -0.15) is 0 Å². The first kappa shape index (κ1) is 23.1. The average Bonchev–Trinajstić information content (AvgIpc) is 3.09. The summed E-state index contributed by atoms with van der Waals surface area (Å²) in [5.74, 6) is -0.323. The summed E-state index contributed by atoms with van der Waals surface area (Å²) in [4.78, 5) is 12.9. The third kappa shape index (κ3) is 4.69. The summed E-state index contributed by atoms with van der Waals surface area (Å²) >= 11 is 6.22. The molecule has 0 spiro atoms. The topological polar surface area (TPSA) is 69.9 Å². The molecule has 1 heterocycles. The van der Waals surface area contributed by atoms with Crippen LogP contribution in [0.25, 0.3) is 21.7 Å². The zero-order valence-electron chi connectivity index (χ0n) is 18.6. The molecule has 0 unspecified atom stereocenters. The van der Waals surface area contributed by atoms with E-state index >= 15 is 0 Å². The SMILES string of the molecule is COCCOC(=O)c1c(C)n(CCOCc2ccccc2Cl)c2c1cc(O)c1ccccc12. The van der Waals surface area contributed by atoms with Crippen LogP contribution in [0.3, 0.4) is 0 Å². The molecule has 0 saturated carbocycles. The number of carbonyl (C=O) groups is 1. The highest BCUT2D eigenvalue weighted by Gasteiger charge is 2.24. The van der Waals surface area contributed by atoms with Gasteiger partial charge in [-0.3, -0.25) is 0 Å². The predicted octanol–water partition coefficient (Wildman–Crippen LogP) is 5.48. The quantitative estimate of drug-likeness (QED) is 0.260. The maximum absolute atomic E-state index is 12.9. The summed E-state index contributed by atoms with van der Waals surface area (Å²) in [5.41, 5.74) is 2.98. The molecule has 172 valence electrons. The number of phenolic OH excluding ortho intramolecular Hbond substituents is 1. The molecule has 0 atom stereocenters. The summed E-state index contributed by atoms with van der Waals surface area (Å²) in [7, 11) is 1.55. The van der Waals surface area contributed by atoms with Gasteiger partial charge in [0.05, 0.1) is 30.9 Å². The number of benzene rings is 3. The molecule has 0 radical (unpaired) electrons. The number of phenols is 1. The molecular weight excluding hydrogens is 442 g/mol. The van der Waals surface area contributed by atoms with E-state index in [4.69, 9.17) is 25.8 Å². The number of hydrogen-bond donors (Lipinski definition) is 1. The molecule has 0 aliphatic carbocycles. The van der Waals surface area contributed by atoms with Gasteiger partial charge in [-0.15, -0.1) is 0 Å². The van der Waals surface area contributed by atoms with Gasteiger partial charge < -0.3 is 23.9 Å². The van der Waals surface area contributed by atoms with Gasteiger partial charge >= 0.3 is 5.97 Å². The van der Waals surface area contributed by atoms with Crippen molar-refractivity contribution in [2.75, 3.05) is 26.9 Å². The van der Waals surface area contributed by atoms with E-state index in [0.717, 1.165) is 27.5 Å². The third-order valence-corrected chi connectivity index (χ3v) is 6.07. The summed E-state index contributed by atoms with van der Waals surface area (Å²) in [6.07, 6.45) is 0. The minimum atomic E-state index is -0.444. The lowest BCUT2D eigenvalue weighted by atomic mass is 10.0. The summed E-state index contributed by atoms with van der Waals surface area (Å²) in [6.45, 7) is 3.68. The lowest BCUT2D eigenvalue weighted by Gasteiger charge is -2.12. The Bertz CT molecular complexity index is 1300. The lowest BCUT2D eigenvalue weighted by Crippen LogP contribution is -2.12. The maximum atomic E-state index is 12.9. The van der Waals surface area contributed by atoms with Crippen LogP contribution in [0.15, 0.2) is 54.6 Å². The highest BCUT2D eigenvalue weighted by molar-refractivity contribution is 6.31. The monoisotopic (exact) mass is 467 g/mol. The number of aromatic hydroxyl groups is 1. The molecule has 1 N–H and O–H groups in total. The van der Waals surface area contributed by atoms with Gasteiger partial charge in [0, 0.05) is 40.5 Å². The van der Waals surface area contributed by atoms with E-state index in [0.29, 0.717) is 42.3 Å². The Morgan fingerprint density at radius 2 is 1.73 bits per heavy atom.